The maximum Gasteiger partial charge on any atom is 0.107 e. The molecule has 0 aromatic rings. The van der Waals surface area contributed by atoms with Gasteiger partial charge in [0.2, 0.25) is 0 Å². The molecule has 0 bridgehead atoms. The SMILES string of the molecule is C[C@@](O)(/C=C/Br)[C@@H]1C[C@@H](Br)[C@](C)(O)CO1. The molecule has 1 aliphatic rings. The first kappa shape index (κ1) is 13.6. The van der Waals surface area contributed by atoms with Crippen LogP contribution in [0.2, 0.25) is 0 Å². The predicted octanol–water partition coefficient (Wildman–Crippen LogP) is 1.95. The van der Waals surface area contributed by atoms with E-state index in [1.165, 1.54) is 0 Å². The number of halogens is 2. The summed E-state index contributed by atoms with van der Waals surface area (Å²) in [6.45, 7) is 3.63. The Hall–Kier alpha value is 0.580. The van der Waals surface area contributed by atoms with E-state index in [9.17, 15) is 10.2 Å². The van der Waals surface area contributed by atoms with Gasteiger partial charge in [-0.2, -0.15) is 0 Å². The van der Waals surface area contributed by atoms with Crippen LogP contribution >= 0.6 is 31.9 Å². The summed E-state index contributed by atoms with van der Waals surface area (Å²) >= 11 is 6.55. The Balaban J connectivity index is 2.69. The molecule has 0 saturated carbocycles. The highest BCUT2D eigenvalue weighted by Crippen LogP contribution is 2.34. The van der Waals surface area contributed by atoms with E-state index < -0.39 is 11.2 Å². The molecule has 1 fully saturated rings. The quantitative estimate of drug-likeness (QED) is 0.753. The number of alkyl halides is 1. The van der Waals surface area contributed by atoms with E-state index in [2.05, 4.69) is 31.9 Å². The van der Waals surface area contributed by atoms with E-state index >= 15 is 0 Å². The summed E-state index contributed by atoms with van der Waals surface area (Å²) < 4.78 is 5.48. The number of hydrogen-bond acceptors (Lipinski definition) is 3. The summed E-state index contributed by atoms with van der Waals surface area (Å²) in [7, 11) is 0. The van der Waals surface area contributed by atoms with Crippen molar-refractivity contribution in [2.75, 3.05) is 6.61 Å². The minimum atomic E-state index is -1.02. The van der Waals surface area contributed by atoms with Crippen LogP contribution in [-0.4, -0.2) is 39.0 Å². The van der Waals surface area contributed by atoms with Gasteiger partial charge in [-0.25, -0.2) is 0 Å². The van der Waals surface area contributed by atoms with Gasteiger partial charge in [-0.15, -0.1) is 0 Å². The van der Waals surface area contributed by atoms with Gasteiger partial charge in [0.05, 0.1) is 18.3 Å². The fourth-order valence-corrected chi connectivity index (χ4v) is 2.52. The van der Waals surface area contributed by atoms with Crippen LogP contribution in [-0.2, 0) is 4.74 Å². The number of aliphatic hydroxyl groups is 2. The van der Waals surface area contributed by atoms with Gasteiger partial charge in [0.1, 0.15) is 5.60 Å². The second-order valence-corrected chi connectivity index (χ2v) is 6.01. The van der Waals surface area contributed by atoms with Crippen LogP contribution in [0.4, 0.5) is 0 Å². The van der Waals surface area contributed by atoms with E-state index in [0.717, 1.165) is 0 Å². The van der Waals surface area contributed by atoms with Crippen molar-refractivity contribution in [2.45, 2.75) is 42.4 Å². The molecule has 1 saturated heterocycles. The maximum atomic E-state index is 10.1. The van der Waals surface area contributed by atoms with Crippen LogP contribution in [0.15, 0.2) is 11.1 Å². The van der Waals surface area contributed by atoms with Crippen LogP contribution in [0.3, 0.4) is 0 Å². The molecule has 0 aliphatic carbocycles. The minimum Gasteiger partial charge on any atom is -0.387 e. The van der Waals surface area contributed by atoms with Gasteiger partial charge in [-0.3, -0.25) is 0 Å². The number of rotatable bonds is 2. The summed E-state index contributed by atoms with van der Waals surface area (Å²) in [5, 5.41) is 20.0. The van der Waals surface area contributed by atoms with E-state index in [0.29, 0.717) is 6.42 Å². The first-order valence-corrected chi connectivity index (χ1v) is 6.61. The Morgan fingerprint density at radius 2 is 2.20 bits per heavy atom. The Labute approximate surface area is 107 Å². The highest BCUT2D eigenvalue weighted by atomic mass is 79.9. The molecular formula is C10H16Br2O3. The lowest BCUT2D eigenvalue weighted by Gasteiger charge is -2.42. The van der Waals surface area contributed by atoms with Crippen molar-refractivity contribution in [3.63, 3.8) is 0 Å². The van der Waals surface area contributed by atoms with Gasteiger partial charge in [-0.1, -0.05) is 31.9 Å². The van der Waals surface area contributed by atoms with E-state index in [1.807, 2.05) is 0 Å². The summed E-state index contributed by atoms with van der Waals surface area (Å²) in [5.41, 5.74) is -1.89. The van der Waals surface area contributed by atoms with Crippen LogP contribution in [0.25, 0.3) is 0 Å². The molecule has 0 aromatic heterocycles. The molecule has 0 radical (unpaired) electrons. The lowest BCUT2D eigenvalue weighted by Crippen LogP contribution is -2.53. The molecule has 2 N–H and O–H groups in total. The topological polar surface area (TPSA) is 49.7 Å². The standard InChI is InChI=1S/C10H16Br2O3/c1-9(13,3-4-11)8-5-7(12)10(2,14)6-15-8/h3-4,7-8,13-14H,5-6H2,1-2H3/b4-3+/t7-,8+,9-,10-/m1/s1. The first-order valence-electron chi connectivity index (χ1n) is 4.78. The summed E-state index contributed by atoms with van der Waals surface area (Å²) in [6, 6.07) is 0. The Morgan fingerprint density at radius 1 is 1.60 bits per heavy atom. The second-order valence-electron chi connectivity index (χ2n) is 4.38. The maximum absolute atomic E-state index is 10.1. The van der Waals surface area contributed by atoms with Crippen LogP contribution < -0.4 is 0 Å². The van der Waals surface area contributed by atoms with Gasteiger partial charge in [-0.05, 0) is 31.3 Å². The second kappa shape index (κ2) is 4.84. The molecular weight excluding hydrogens is 328 g/mol. The highest BCUT2D eigenvalue weighted by molar-refractivity contribution is 9.11. The molecule has 0 amide bonds. The van der Waals surface area contributed by atoms with Crippen LogP contribution in [0.1, 0.15) is 20.3 Å². The molecule has 5 heteroatoms. The van der Waals surface area contributed by atoms with E-state index in [-0.39, 0.29) is 17.5 Å². The zero-order valence-corrected chi connectivity index (χ0v) is 12.0. The third-order valence-electron chi connectivity index (χ3n) is 2.72. The van der Waals surface area contributed by atoms with Crippen molar-refractivity contribution in [1.29, 1.82) is 0 Å². The minimum absolute atomic E-state index is 0.0704. The molecule has 3 nitrogen and oxygen atoms in total. The predicted molar refractivity (Wildman–Crippen MR) is 66.4 cm³/mol. The normalized spacial score (nSPS) is 41.7. The molecule has 0 aromatic carbocycles. The van der Waals surface area contributed by atoms with Crippen molar-refractivity contribution in [1.82, 2.24) is 0 Å². The van der Waals surface area contributed by atoms with Gasteiger partial charge in [0.15, 0.2) is 0 Å². The largest absolute Gasteiger partial charge is 0.387 e. The third kappa shape index (κ3) is 3.27. The van der Waals surface area contributed by atoms with Crippen molar-refractivity contribution < 1.29 is 14.9 Å². The van der Waals surface area contributed by atoms with Gasteiger partial charge in [0.25, 0.3) is 0 Å². The van der Waals surface area contributed by atoms with Gasteiger partial charge in [0, 0.05) is 4.83 Å². The lowest BCUT2D eigenvalue weighted by molar-refractivity contribution is -0.152. The van der Waals surface area contributed by atoms with Crippen molar-refractivity contribution in [3.05, 3.63) is 11.1 Å². The Morgan fingerprint density at radius 3 is 2.67 bits per heavy atom. The third-order valence-corrected chi connectivity index (χ3v) is 4.35. The zero-order chi connectivity index (χ0) is 11.7. The van der Waals surface area contributed by atoms with Gasteiger partial charge < -0.3 is 14.9 Å². The van der Waals surface area contributed by atoms with E-state index in [1.54, 1.807) is 24.9 Å². The van der Waals surface area contributed by atoms with Crippen molar-refractivity contribution in [2.24, 2.45) is 0 Å². The number of hydrogen-bond donors (Lipinski definition) is 2. The molecule has 88 valence electrons. The van der Waals surface area contributed by atoms with Crippen LogP contribution in [0.5, 0.6) is 0 Å². The lowest BCUT2D eigenvalue weighted by atomic mass is 9.88. The molecule has 4 atom stereocenters. The molecule has 1 rings (SSSR count). The Bertz CT molecular complexity index is 251. The highest BCUT2D eigenvalue weighted by Gasteiger charge is 2.43. The molecule has 1 aliphatic heterocycles. The van der Waals surface area contributed by atoms with Gasteiger partial charge >= 0.3 is 0 Å². The molecule has 15 heavy (non-hydrogen) atoms. The average Bonchev–Trinajstić information content (AvgIpc) is 2.09. The first-order chi connectivity index (χ1) is 6.79. The molecule has 0 unspecified atom stereocenters. The van der Waals surface area contributed by atoms with Crippen molar-refractivity contribution in [3.8, 4) is 0 Å². The molecule has 1 heterocycles. The van der Waals surface area contributed by atoms with Crippen LogP contribution in [0, 0.1) is 0 Å². The molecule has 0 spiro atoms. The van der Waals surface area contributed by atoms with Crippen molar-refractivity contribution >= 4 is 31.9 Å². The fraction of sp³-hybridized carbons (Fsp3) is 0.800. The summed E-state index contributed by atoms with van der Waals surface area (Å²) in [5.74, 6) is 0. The van der Waals surface area contributed by atoms with E-state index in [4.69, 9.17) is 4.74 Å². The monoisotopic (exact) mass is 342 g/mol. The fourth-order valence-electron chi connectivity index (χ4n) is 1.51. The summed E-state index contributed by atoms with van der Waals surface area (Å²) in [4.78, 5) is 1.55. The number of ether oxygens (including phenoxy) is 1. The average molecular weight is 344 g/mol. The Kier molecular flexibility index (Phi) is 4.40. The zero-order valence-electron chi connectivity index (χ0n) is 8.78. The summed E-state index contributed by atoms with van der Waals surface area (Å²) in [6.07, 6.45) is 1.89. The smallest absolute Gasteiger partial charge is 0.107 e.